The normalized spacial score (nSPS) is 25.8. The first kappa shape index (κ1) is 67.4. The number of nitrogens with one attached hydrogen (secondary N) is 4. The number of rotatable bonds is 27. The number of fused-ring (bicyclic) bond motifs is 5. The van der Waals surface area contributed by atoms with E-state index in [4.69, 9.17) is 49.5 Å². The van der Waals surface area contributed by atoms with Crippen LogP contribution < -0.4 is 30.9 Å². The number of allylic oxidation sites excluding steroid dienone is 3. The summed E-state index contributed by atoms with van der Waals surface area (Å²) in [4.78, 5) is 120. The number of carbonyl (C=O) groups is 9. The number of anilines is 1. The Morgan fingerprint density at radius 2 is 1.67 bits per heavy atom. The molecule has 9 atom stereocenters. The first-order chi connectivity index (χ1) is 39.4. The van der Waals surface area contributed by atoms with Gasteiger partial charge < -0.3 is 68.8 Å². The van der Waals surface area contributed by atoms with E-state index in [1.54, 1.807) is 38.1 Å². The Kier molecular flexibility index (Phi) is 25.6. The van der Waals surface area contributed by atoms with Gasteiger partial charge >= 0.3 is 12.1 Å². The second-order valence-corrected chi connectivity index (χ2v) is 22.2. The van der Waals surface area contributed by atoms with Crippen molar-refractivity contribution in [3.63, 3.8) is 0 Å². The third-order valence-corrected chi connectivity index (χ3v) is 16.2. The Labute approximate surface area is 492 Å². The predicted octanol–water partition coefficient (Wildman–Crippen LogP) is 1.90. The lowest BCUT2D eigenvalue weighted by Gasteiger charge is -2.42. The quantitative estimate of drug-likeness (QED) is 0.0276. The van der Waals surface area contributed by atoms with E-state index in [1.807, 2.05) is 13.0 Å². The molecule has 1 unspecified atom stereocenters. The van der Waals surface area contributed by atoms with E-state index in [0.29, 0.717) is 17.9 Å². The maximum atomic E-state index is 14.4. The minimum Gasteiger partial charge on any atom is -0.495 e. The van der Waals surface area contributed by atoms with Crippen molar-refractivity contribution in [1.82, 2.24) is 31.1 Å². The molecule has 4 aliphatic heterocycles. The Balaban J connectivity index is 1.11. The van der Waals surface area contributed by atoms with Crippen LogP contribution in [0.15, 0.2) is 61.2 Å². The average Bonchev–Trinajstić information content (AvgIpc) is 4.23. The molecular weight excluding hydrogens is 1130 g/mol. The summed E-state index contributed by atoms with van der Waals surface area (Å²) < 4.78 is 46.0. The van der Waals surface area contributed by atoms with Crippen LogP contribution in [0, 0.1) is 5.92 Å². The number of likely N-dealkylation sites (N-methyl/N-ethyl adjacent to an activating group) is 1. The number of likely N-dealkylation sites (tertiary alicyclic amines) is 1. The van der Waals surface area contributed by atoms with Crippen LogP contribution >= 0.6 is 23.4 Å². The highest BCUT2D eigenvalue weighted by Crippen LogP contribution is 2.49. The summed E-state index contributed by atoms with van der Waals surface area (Å²) in [5, 5.41) is 21.5. The van der Waals surface area contributed by atoms with Crippen LogP contribution in [0.3, 0.4) is 0 Å². The smallest absolute Gasteiger partial charge is 0.409 e. The van der Waals surface area contributed by atoms with Crippen LogP contribution in [0.4, 0.5) is 10.5 Å². The number of imide groups is 1. The number of esters is 1. The summed E-state index contributed by atoms with van der Waals surface area (Å²) in [7, 11) is 5.82. The first-order valence-corrected chi connectivity index (χ1v) is 28.5. The van der Waals surface area contributed by atoms with Crippen molar-refractivity contribution in [2.75, 3.05) is 98.2 Å². The second kappa shape index (κ2) is 31.5. The van der Waals surface area contributed by atoms with Crippen molar-refractivity contribution in [2.24, 2.45) is 5.92 Å². The number of epoxide rings is 1. The van der Waals surface area contributed by atoms with Gasteiger partial charge in [0.15, 0.2) is 5.72 Å². The fraction of sp³-hybridized carbons (Fsp3) is 0.589. The zero-order valence-corrected chi connectivity index (χ0v) is 49.8. The highest BCUT2D eigenvalue weighted by Gasteiger charge is 2.64. The van der Waals surface area contributed by atoms with E-state index < -0.39 is 113 Å². The molecule has 0 aliphatic carbocycles. The molecule has 0 spiro atoms. The largest absolute Gasteiger partial charge is 0.495 e. The number of nitrogens with zero attached hydrogens (tertiary/aromatic N) is 3. The number of alkyl carbamates (subject to hydrolysis) is 1. The summed E-state index contributed by atoms with van der Waals surface area (Å²) >= 11 is 7.96. The Morgan fingerprint density at radius 1 is 1.00 bits per heavy atom. The summed E-state index contributed by atoms with van der Waals surface area (Å²) in [5.41, 5.74) is -1.26. The van der Waals surface area contributed by atoms with Crippen molar-refractivity contribution in [3.05, 3.63) is 71.8 Å². The molecule has 1 aromatic carbocycles. The summed E-state index contributed by atoms with van der Waals surface area (Å²) in [6.45, 7) is 13.9. The molecule has 83 heavy (non-hydrogen) atoms. The number of hydrogen-bond acceptors (Lipinski definition) is 19. The van der Waals surface area contributed by atoms with Crippen molar-refractivity contribution in [3.8, 4) is 5.75 Å². The van der Waals surface area contributed by atoms with E-state index in [2.05, 4.69) is 34.4 Å². The van der Waals surface area contributed by atoms with Gasteiger partial charge in [-0.25, -0.2) is 9.59 Å². The minimum absolute atomic E-state index is 0.00292. The first-order valence-electron chi connectivity index (χ1n) is 27.0. The van der Waals surface area contributed by atoms with Crippen LogP contribution in [0.25, 0.3) is 0 Å². The molecule has 4 heterocycles. The fourth-order valence-electron chi connectivity index (χ4n) is 9.45. The molecule has 0 aromatic heterocycles. The predicted molar refractivity (Wildman–Crippen MR) is 304 cm³/mol. The van der Waals surface area contributed by atoms with Crippen LogP contribution in [-0.2, 0) is 77.9 Å². The second-order valence-electron chi connectivity index (χ2n) is 20.5. The van der Waals surface area contributed by atoms with Crippen molar-refractivity contribution >= 4 is 82.5 Å². The topological polar surface area (TPSA) is 309 Å². The van der Waals surface area contributed by atoms with E-state index >= 15 is 0 Å². The fourth-order valence-corrected chi connectivity index (χ4v) is 10.9. The zero-order chi connectivity index (χ0) is 61.2. The zero-order valence-electron chi connectivity index (χ0n) is 48.2. The molecule has 3 saturated heterocycles. The molecule has 0 radical (unpaired) electrons. The van der Waals surface area contributed by atoms with Gasteiger partial charge in [-0.1, -0.05) is 55.5 Å². The third kappa shape index (κ3) is 18.8. The van der Waals surface area contributed by atoms with Crippen molar-refractivity contribution < 1.29 is 86.2 Å². The SMILES string of the molecule is C=CC(=O)NCC(CNC(=O)C=C)OCC(=O)NCCOCCOCCN1C(=O)CC(SCCC(=O)N(C)[C@@H](C)C(=O)O[C@H]2CC(=O)N(C)c3cc(cc(OC)c3Cl)C/C(C)=C/C=C/[C@@H](OC)[C@@]3(O)C[C@H](OC(=O)N3)[C@@H](C)[C@@H]3O[C@@]23C)C1=O. The van der Waals surface area contributed by atoms with Crippen LogP contribution in [0.1, 0.15) is 58.9 Å². The average molecular weight is 1200 g/mol. The Bertz CT molecular complexity index is 2600. The molecule has 5 rings (SSSR count). The van der Waals surface area contributed by atoms with E-state index in [-0.39, 0.29) is 95.2 Å². The molecular formula is C56H78ClN7O18S. The molecule has 25 nitrogen and oxygen atoms in total. The Morgan fingerprint density at radius 3 is 2.33 bits per heavy atom. The number of amides is 8. The molecule has 0 saturated carbocycles. The summed E-state index contributed by atoms with van der Waals surface area (Å²) in [6.07, 6.45) is 1.52. The van der Waals surface area contributed by atoms with Crippen LogP contribution in [0.5, 0.6) is 5.75 Å². The van der Waals surface area contributed by atoms with Gasteiger partial charge in [0.1, 0.15) is 47.3 Å². The Hall–Kier alpha value is -6.39. The number of carbonyl (C=O) groups excluding carboxylic acids is 9. The number of halogens is 1. The van der Waals surface area contributed by atoms with Gasteiger partial charge in [0, 0.05) is 71.8 Å². The monoisotopic (exact) mass is 1200 g/mol. The van der Waals surface area contributed by atoms with E-state index in [9.17, 15) is 48.3 Å². The molecule has 5 N–H and O–H groups in total. The lowest BCUT2D eigenvalue weighted by Crippen LogP contribution is -2.63. The number of aliphatic hydroxyl groups is 1. The third-order valence-electron chi connectivity index (χ3n) is 14.6. The number of hydrogen-bond donors (Lipinski definition) is 5. The van der Waals surface area contributed by atoms with Gasteiger partial charge in [-0.05, 0) is 57.0 Å². The van der Waals surface area contributed by atoms with Crippen molar-refractivity contribution in [1.29, 1.82) is 0 Å². The van der Waals surface area contributed by atoms with Gasteiger partial charge in [0.25, 0.3) is 0 Å². The summed E-state index contributed by atoms with van der Waals surface area (Å²) in [5.74, 6) is -4.11. The van der Waals surface area contributed by atoms with E-state index in [0.717, 1.165) is 40.0 Å². The van der Waals surface area contributed by atoms with Gasteiger partial charge in [0.2, 0.25) is 41.4 Å². The lowest BCUT2D eigenvalue weighted by molar-refractivity contribution is -0.162. The molecule has 8 amide bonds. The van der Waals surface area contributed by atoms with Gasteiger partial charge in [0.05, 0.1) is 69.6 Å². The molecule has 27 heteroatoms. The molecule has 458 valence electrons. The van der Waals surface area contributed by atoms with Crippen LogP contribution in [0.2, 0.25) is 5.02 Å². The number of benzene rings is 1. The highest BCUT2D eigenvalue weighted by molar-refractivity contribution is 8.00. The lowest BCUT2D eigenvalue weighted by atomic mass is 9.83. The van der Waals surface area contributed by atoms with Gasteiger partial charge in [-0.2, -0.15) is 0 Å². The van der Waals surface area contributed by atoms with E-state index in [1.165, 1.54) is 45.0 Å². The number of thioether (sulfide) groups is 1. The van der Waals surface area contributed by atoms with Crippen LogP contribution in [-0.4, -0.2) is 215 Å². The van der Waals surface area contributed by atoms with Crippen molar-refractivity contribution in [2.45, 2.75) is 113 Å². The number of methoxy groups -OCH3 is 2. The standard InChI is InChI=1S/C56H78ClN7O18S/c1-11-44(65)59-30-37(31-60-45(66)12-2)79-32-46(67)58-17-19-77-21-22-78-20-18-64-49(70)27-41(52(64)71)83-23-16-47(68)62(7)35(5)53(72)81-43-28-48(69)63(8)38-25-36(26-39(75-9)50(38)57)24-33(3)14-13-15-42(76-10)56(74)29-40(80-54(73)61-56)34(4)51-55(43,6)82-51/h11-15,25-26,34-35,37,40-43,51,74H,1-2,16-24,27-32H2,3-10H3,(H,58,67)(H,59,65)(H,60,66)(H,61,73)/b15-13+,33-14+/t34-,35+,40+,41?,42-,43+,51+,55+,56+/m1/s1. The molecule has 3 fully saturated rings. The molecule has 1 aromatic rings. The maximum absolute atomic E-state index is 14.4. The highest BCUT2D eigenvalue weighted by atomic mass is 35.5. The summed E-state index contributed by atoms with van der Waals surface area (Å²) in [6, 6.07) is 2.35. The number of ether oxygens (including phenoxy) is 8. The molecule has 4 bridgehead atoms. The van der Waals surface area contributed by atoms with Gasteiger partial charge in [-0.15, -0.1) is 11.8 Å². The molecule has 4 aliphatic rings. The minimum atomic E-state index is -1.90. The maximum Gasteiger partial charge on any atom is 0.409 e. The van der Waals surface area contributed by atoms with Gasteiger partial charge in [-0.3, -0.25) is 43.8 Å².